The molecule has 0 saturated carbocycles. The zero-order valence-corrected chi connectivity index (χ0v) is 13.4. The highest BCUT2D eigenvalue weighted by Crippen LogP contribution is 2.33. The van der Waals surface area contributed by atoms with Gasteiger partial charge in [-0.2, -0.15) is 0 Å². The Morgan fingerprint density at radius 1 is 1.04 bits per heavy atom. The van der Waals surface area contributed by atoms with Crippen molar-refractivity contribution in [3.8, 4) is 23.0 Å². The largest absolute Gasteiger partial charge is 0.504 e. The Kier molecular flexibility index (Phi) is 4.12. The van der Waals surface area contributed by atoms with Crippen molar-refractivity contribution in [2.45, 2.75) is 6.42 Å². The van der Waals surface area contributed by atoms with Crippen molar-refractivity contribution in [3.05, 3.63) is 47.0 Å². The molecule has 3 rings (SSSR count). The number of aromatic hydroxyl groups is 2. The molecule has 0 bridgehead atoms. The summed E-state index contributed by atoms with van der Waals surface area (Å²) in [5.41, 5.74) is 2.08. The molecule has 6 heteroatoms. The van der Waals surface area contributed by atoms with Gasteiger partial charge < -0.3 is 19.7 Å². The number of carbonyl (C=O) groups is 1. The summed E-state index contributed by atoms with van der Waals surface area (Å²) in [6.45, 7) is 0.460. The van der Waals surface area contributed by atoms with Crippen LogP contribution in [0.4, 0.5) is 0 Å². The van der Waals surface area contributed by atoms with Gasteiger partial charge in [-0.3, -0.25) is 9.79 Å². The standard InChI is InChI=1S/C18H17NO5/c1-23-15-4-3-11(8-13(15)20)18(22)17-12-9-16(24-2)14(21)7-10(12)5-6-19-17/h3-4,7-9,20-21H,5-6H2,1-2H3. The molecular formula is C18H17NO5. The summed E-state index contributed by atoms with van der Waals surface area (Å²) < 4.78 is 10.1. The van der Waals surface area contributed by atoms with Gasteiger partial charge in [0.15, 0.2) is 23.0 Å². The van der Waals surface area contributed by atoms with E-state index in [-0.39, 0.29) is 23.0 Å². The zero-order valence-electron chi connectivity index (χ0n) is 13.4. The van der Waals surface area contributed by atoms with E-state index in [0.717, 1.165) is 5.56 Å². The van der Waals surface area contributed by atoms with E-state index < -0.39 is 0 Å². The molecule has 0 unspecified atom stereocenters. The van der Waals surface area contributed by atoms with Crippen molar-refractivity contribution in [1.29, 1.82) is 0 Å². The summed E-state index contributed by atoms with van der Waals surface area (Å²) in [6, 6.07) is 7.68. The Hall–Kier alpha value is -3.02. The minimum Gasteiger partial charge on any atom is -0.504 e. The third-order valence-electron chi connectivity index (χ3n) is 3.97. The van der Waals surface area contributed by atoms with Crippen LogP contribution in [0.3, 0.4) is 0 Å². The quantitative estimate of drug-likeness (QED) is 0.842. The van der Waals surface area contributed by atoms with E-state index in [1.165, 1.54) is 26.4 Å². The molecule has 24 heavy (non-hydrogen) atoms. The molecule has 1 aliphatic heterocycles. The van der Waals surface area contributed by atoms with Gasteiger partial charge in [-0.15, -0.1) is 0 Å². The van der Waals surface area contributed by atoms with Crippen LogP contribution in [0.5, 0.6) is 23.0 Å². The molecule has 1 aliphatic rings. The topological polar surface area (TPSA) is 88.4 Å². The number of hydrogen-bond donors (Lipinski definition) is 2. The molecule has 1 heterocycles. The molecule has 0 spiro atoms. The van der Waals surface area contributed by atoms with Crippen molar-refractivity contribution < 1.29 is 24.5 Å². The Labute approximate surface area is 139 Å². The van der Waals surface area contributed by atoms with E-state index in [1.54, 1.807) is 18.2 Å². The van der Waals surface area contributed by atoms with E-state index in [0.29, 0.717) is 35.6 Å². The van der Waals surface area contributed by atoms with Gasteiger partial charge in [-0.05, 0) is 42.3 Å². The number of methoxy groups -OCH3 is 2. The number of aliphatic imine (C=N–C) groups is 1. The van der Waals surface area contributed by atoms with E-state index >= 15 is 0 Å². The fourth-order valence-electron chi connectivity index (χ4n) is 2.74. The van der Waals surface area contributed by atoms with Crippen LogP contribution in [0, 0.1) is 0 Å². The molecule has 2 N–H and O–H groups in total. The molecule has 6 nitrogen and oxygen atoms in total. The highest BCUT2D eigenvalue weighted by Gasteiger charge is 2.24. The number of ether oxygens (including phenoxy) is 2. The zero-order chi connectivity index (χ0) is 17.3. The second kappa shape index (κ2) is 6.23. The third-order valence-corrected chi connectivity index (χ3v) is 3.97. The number of fused-ring (bicyclic) bond motifs is 1. The van der Waals surface area contributed by atoms with Gasteiger partial charge in [0.25, 0.3) is 0 Å². The molecular weight excluding hydrogens is 310 g/mol. The lowest BCUT2D eigenvalue weighted by Gasteiger charge is -2.18. The minimum absolute atomic E-state index is 0.0343. The van der Waals surface area contributed by atoms with E-state index in [4.69, 9.17) is 9.47 Å². The summed E-state index contributed by atoms with van der Waals surface area (Å²) >= 11 is 0. The Morgan fingerprint density at radius 2 is 1.75 bits per heavy atom. The van der Waals surface area contributed by atoms with Crippen LogP contribution in [0.2, 0.25) is 0 Å². The van der Waals surface area contributed by atoms with Crippen LogP contribution >= 0.6 is 0 Å². The highest BCUT2D eigenvalue weighted by molar-refractivity contribution is 6.52. The first-order valence-electron chi connectivity index (χ1n) is 7.41. The van der Waals surface area contributed by atoms with E-state index in [9.17, 15) is 15.0 Å². The fourth-order valence-corrected chi connectivity index (χ4v) is 2.74. The number of phenolic OH excluding ortho intramolecular Hbond substituents is 2. The highest BCUT2D eigenvalue weighted by atomic mass is 16.5. The summed E-state index contributed by atoms with van der Waals surface area (Å²) in [5.74, 6) is 0.204. The maximum absolute atomic E-state index is 12.8. The SMILES string of the molecule is COc1ccc(C(=O)C2=NCCc3cc(O)c(OC)cc32)cc1O. The lowest BCUT2D eigenvalue weighted by Crippen LogP contribution is -2.22. The van der Waals surface area contributed by atoms with Crippen LogP contribution in [0.25, 0.3) is 0 Å². The van der Waals surface area contributed by atoms with Crippen molar-refractivity contribution in [3.63, 3.8) is 0 Å². The van der Waals surface area contributed by atoms with Gasteiger partial charge in [0, 0.05) is 17.7 Å². The monoisotopic (exact) mass is 327 g/mol. The third kappa shape index (κ3) is 2.67. The predicted octanol–water partition coefficient (Wildman–Crippen LogP) is 2.34. The van der Waals surface area contributed by atoms with E-state index in [2.05, 4.69) is 4.99 Å². The summed E-state index contributed by atoms with van der Waals surface area (Å²) in [6.07, 6.45) is 0.636. The number of Topliss-reactive ketones (excluding diaryl/α,β-unsaturated/α-hetero) is 1. The number of carbonyl (C=O) groups excluding carboxylic acids is 1. The van der Waals surface area contributed by atoms with Crippen molar-refractivity contribution in [2.75, 3.05) is 20.8 Å². The maximum atomic E-state index is 12.8. The molecule has 2 aromatic rings. The van der Waals surface area contributed by atoms with Crippen LogP contribution in [0.1, 0.15) is 21.5 Å². The second-order valence-electron chi connectivity index (χ2n) is 5.38. The van der Waals surface area contributed by atoms with Gasteiger partial charge in [-0.25, -0.2) is 0 Å². The Balaban J connectivity index is 2.03. The van der Waals surface area contributed by atoms with Crippen molar-refractivity contribution in [2.24, 2.45) is 4.99 Å². The van der Waals surface area contributed by atoms with Gasteiger partial charge in [-0.1, -0.05) is 0 Å². The number of nitrogens with zero attached hydrogens (tertiary/aromatic N) is 1. The fraction of sp³-hybridized carbons (Fsp3) is 0.222. The second-order valence-corrected chi connectivity index (χ2v) is 5.38. The molecule has 0 saturated heterocycles. The van der Waals surface area contributed by atoms with Crippen molar-refractivity contribution >= 4 is 11.5 Å². The van der Waals surface area contributed by atoms with E-state index in [1.807, 2.05) is 0 Å². The summed E-state index contributed by atoms with van der Waals surface area (Å²) in [7, 11) is 2.89. The smallest absolute Gasteiger partial charge is 0.211 e. The number of ketones is 1. The van der Waals surface area contributed by atoms with Gasteiger partial charge in [0.1, 0.15) is 5.71 Å². The summed E-state index contributed by atoms with van der Waals surface area (Å²) in [5, 5.41) is 19.8. The molecule has 2 aromatic carbocycles. The molecule has 0 aromatic heterocycles. The predicted molar refractivity (Wildman–Crippen MR) is 88.8 cm³/mol. The number of hydrogen-bond acceptors (Lipinski definition) is 6. The average Bonchev–Trinajstić information content (AvgIpc) is 2.59. The van der Waals surface area contributed by atoms with Crippen LogP contribution in [0.15, 0.2) is 35.3 Å². The Morgan fingerprint density at radius 3 is 2.42 bits per heavy atom. The first-order chi connectivity index (χ1) is 11.5. The maximum Gasteiger partial charge on any atom is 0.211 e. The van der Waals surface area contributed by atoms with Gasteiger partial charge >= 0.3 is 0 Å². The van der Waals surface area contributed by atoms with Gasteiger partial charge in [0.05, 0.1) is 14.2 Å². The first kappa shape index (κ1) is 15.9. The molecule has 0 atom stereocenters. The molecule has 124 valence electrons. The first-order valence-corrected chi connectivity index (χ1v) is 7.41. The molecule has 0 fully saturated rings. The number of rotatable bonds is 4. The normalized spacial score (nSPS) is 13.0. The van der Waals surface area contributed by atoms with Crippen molar-refractivity contribution in [1.82, 2.24) is 0 Å². The Bertz CT molecular complexity index is 842. The van der Waals surface area contributed by atoms with Gasteiger partial charge in [0.2, 0.25) is 5.78 Å². The van der Waals surface area contributed by atoms with Crippen LogP contribution < -0.4 is 9.47 Å². The molecule has 0 radical (unpaired) electrons. The molecule has 0 amide bonds. The number of phenols is 2. The minimum atomic E-state index is -0.304. The summed E-state index contributed by atoms with van der Waals surface area (Å²) in [4.78, 5) is 17.2. The molecule has 0 aliphatic carbocycles. The average molecular weight is 327 g/mol. The lowest BCUT2D eigenvalue weighted by molar-refractivity contribution is 0.106. The lowest BCUT2D eigenvalue weighted by atomic mass is 9.92. The van der Waals surface area contributed by atoms with Crippen LogP contribution in [-0.4, -0.2) is 42.5 Å². The number of benzene rings is 2. The van der Waals surface area contributed by atoms with Crippen LogP contribution in [-0.2, 0) is 6.42 Å².